The molecule has 2 aromatic rings. The largest absolute Gasteiger partial charge is 0.508 e. The summed E-state index contributed by atoms with van der Waals surface area (Å²) in [5.74, 6) is -18.3. The van der Waals surface area contributed by atoms with Crippen molar-refractivity contribution >= 4 is 120 Å². The number of nitrogens with zero attached hydrogens (tertiary/aromatic N) is 1. The molecule has 530 valence electrons. The van der Waals surface area contributed by atoms with Crippen molar-refractivity contribution in [2.45, 2.75) is 165 Å². The second-order valence-corrected chi connectivity index (χ2v) is 24.1. The number of aromatic hydroxyl groups is 1. The molecule has 2 rings (SSSR count). The van der Waals surface area contributed by atoms with E-state index < -0.39 is 218 Å². The number of hydrogen-bond donors (Lipinski definition) is 22. The first-order valence-corrected chi connectivity index (χ1v) is 32.5. The first kappa shape index (κ1) is 82.8. The van der Waals surface area contributed by atoms with Crippen molar-refractivity contribution in [1.29, 1.82) is 0 Å². The van der Waals surface area contributed by atoms with Crippen LogP contribution >= 0.6 is 37.0 Å². The molecule has 0 fully saturated rings. The second kappa shape index (κ2) is 42.2. The van der Waals surface area contributed by atoms with E-state index >= 15 is 0 Å². The Balaban J connectivity index is 2.43. The van der Waals surface area contributed by atoms with Crippen LogP contribution in [-0.4, -0.2) is 244 Å². The van der Waals surface area contributed by atoms with Crippen molar-refractivity contribution in [2.24, 2.45) is 17.6 Å². The van der Waals surface area contributed by atoms with Crippen molar-refractivity contribution in [3.05, 3.63) is 48.0 Å². The lowest BCUT2D eigenvalue weighted by atomic mass is 9.96. The number of aromatic nitrogens is 2. The number of imidazole rings is 1. The molecule has 35 nitrogen and oxygen atoms in total. The number of hydrogen-bond acceptors (Lipinski definition) is 23. The number of aliphatic carboxylic acids is 3. The van der Waals surface area contributed by atoms with Crippen molar-refractivity contribution < 1.29 is 103 Å². The van der Waals surface area contributed by atoms with E-state index in [9.17, 15) is 103 Å². The number of rotatable bonds is 44. The fourth-order valence-electron chi connectivity index (χ4n) is 8.74. The van der Waals surface area contributed by atoms with Gasteiger partial charge in [-0.2, -0.15) is 37.0 Å². The Hall–Kier alpha value is -8.30. The van der Waals surface area contributed by atoms with Crippen LogP contribution in [0.15, 0.2) is 36.8 Å². The number of amides is 11. The standard InChI is InChI=1S/C57H88N14O21S3/c1-7-27(4)44(70-52(86)37(18-30-20-59-25-60-30)65-48(82)34(14-15-95-6)61-46(80)32(58)23-93)55(89)62-33(12-13-42(76)77)47(81)67-39(21-72)53(87)63-35(16-26(2)3)49(83)66-38(19-43(78)79)50(84)68-40(22-73)54(88)64-36(17-29-8-10-31(75)11-9-29)51(85)71-45(28(5)74)56(90)69-41(24-94)57(91)92/h8-11,20,25-28,32-41,44-45,72-75,93-94H,7,12-19,21-24,58H2,1-6H3,(H,59,60)(H,61,80)(H,62,89)(H,63,87)(H,64,88)(H,65,82)(H,66,83)(H,67,81)(H,68,84)(H,69,90)(H,70,86)(H,71,85)(H,76,77)(H,78,79)(H,91,92)/t27-,28+,32-,33-,34-,35-,36-,37-,38-,39-,40-,41-,44-,45-/m0/s1. The first-order chi connectivity index (χ1) is 44.7. The van der Waals surface area contributed by atoms with Crippen molar-refractivity contribution in [3.8, 4) is 5.75 Å². The van der Waals surface area contributed by atoms with Crippen molar-refractivity contribution in [2.75, 3.05) is 36.7 Å². The number of benzene rings is 1. The lowest BCUT2D eigenvalue weighted by Gasteiger charge is -2.29. The minimum atomic E-state index is -2.09. The highest BCUT2D eigenvalue weighted by atomic mass is 32.2. The Kier molecular flexibility index (Phi) is 36.8. The molecule has 0 radical (unpaired) electrons. The van der Waals surface area contributed by atoms with Crippen LogP contribution in [0.4, 0.5) is 0 Å². The molecule has 21 N–H and O–H groups in total. The zero-order valence-electron chi connectivity index (χ0n) is 53.0. The molecular weight excluding hydrogens is 1310 g/mol. The molecule has 0 aliphatic heterocycles. The SMILES string of the molecule is CC[C@H](C)[C@H](NC(=O)[C@H](Cc1cnc[nH]1)NC(=O)[C@H](CCSC)NC(=O)[C@@H](N)CS)C(=O)N[C@@H](CCC(=O)O)C(=O)N[C@@H](CO)C(=O)N[C@@H](CC(C)C)C(=O)N[C@@H](CC(=O)O)C(=O)N[C@@H](CO)C(=O)N[C@@H](Cc1ccc(O)cc1)C(=O)N[C@H](C(=O)N[C@@H](CS)C(=O)O)[C@@H](C)O. The highest BCUT2D eigenvalue weighted by Gasteiger charge is 2.39. The van der Waals surface area contributed by atoms with E-state index in [2.05, 4.69) is 93.7 Å². The predicted molar refractivity (Wildman–Crippen MR) is 346 cm³/mol. The van der Waals surface area contributed by atoms with E-state index in [0.29, 0.717) is 11.4 Å². The number of carboxylic acids is 3. The maximum absolute atomic E-state index is 14.3. The molecule has 38 heteroatoms. The van der Waals surface area contributed by atoms with E-state index in [0.717, 1.165) is 6.92 Å². The molecule has 0 unspecified atom stereocenters. The van der Waals surface area contributed by atoms with Gasteiger partial charge in [-0.3, -0.25) is 62.3 Å². The van der Waals surface area contributed by atoms with Gasteiger partial charge in [0, 0.05) is 42.7 Å². The molecule has 14 atom stereocenters. The molecule has 1 heterocycles. The van der Waals surface area contributed by atoms with Crippen molar-refractivity contribution in [3.63, 3.8) is 0 Å². The maximum atomic E-state index is 14.3. The summed E-state index contributed by atoms with van der Waals surface area (Å²) in [5, 5.41) is 95.6. The Morgan fingerprint density at radius 3 is 1.45 bits per heavy atom. The topological polar surface area (TPSA) is 568 Å². The number of H-pyrrole nitrogens is 1. The number of carboxylic acid groups (broad SMARTS) is 3. The van der Waals surface area contributed by atoms with E-state index in [1.54, 1.807) is 34.0 Å². The number of nitrogens with one attached hydrogen (secondary N) is 12. The van der Waals surface area contributed by atoms with E-state index in [1.807, 2.05) is 0 Å². The van der Waals surface area contributed by atoms with Crippen LogP contribution < -0.4 is 64.2 Å². The Morgan fingerprint density at radius 1 is 0.547 bits per heavy atom. The number of carbonyl (C=O) groups excluding carboxylic acids is 11. The number of nitrogens with two attached hydrogens (primary N) is 1. The van der Waals surface area contributed by atoms with E-state index in [1.165, 1.54) is 48.6 Å². The van der Waals surface area contributed by atoms with Crippen LogP contribution in [0.2, 0.25) is 0 Å². The fourth-order valence-corrected chi connectivity index (χ4v) is 9.62. The zero-order valence-corrected chi connectivity index (χ0v) is 55.6. The predicted octanol–water partition coefficient (Wildman–Crippen LogP) is -5.95. The van der Waals surface area contributed by atoms with Gasteiger partial charge in [0.05, 0.1) is 38.1 Å². The lowest BCUT2D eigenvalue weighted by Crippen LogP contribution is -2.62. The Labute approximate surface area is 561 Å². The van der Waals surface area contributed by atoms with Gasteiger partial charge >= 0.3 is 17.9 Å². The number of phenols is 1. The number of aliphatic hydroxyl groups excluding tert-OH is 3. The molecule has 0 bridgehead atoms. The van der Waals surface area contributed by atoms with Gasteiger partial charge in [0.15, 0.2) is 0 Å². The molecule has 95 heavy (non-hydrogen) atoms. The van der Waals surface area contributed by atoms with Gasteiger partial charge in [-0.15, -0.1) is 0 Å². The number of aromatic amines is 1. The van der Waals surface area contributed by atoms with E-state index in [-0.39, 0.29) is 42.7 Å². The molecule has 0 aliphatic carbocycles. The van der Waals surface area contributed by atoms with Crippen molar-refractivity contribution in [1.82, 2.24) is 68.5 Å². The second-order valence-electron chi connectivity index (χ2n) is 22.4. The summed E-state index contributed by atoms with van der Waals surface area (Å²) < 4.78 is 0. The highest BCUT2D eigenvalue weighted by molar-refractivity contribution is 7.98. The summed E-state index contributed by atoms with van der Waals surface area (Å²) in [6.07, 6.45) is -0.342. The number of thioether (sulfide) groups is 1. The first-order valence-electron chi connectivity index (χ1n) is 29.9. The molecule has 11 amide bonds. The molecule has 0 saturated heterocycles. The number of phenolic OH excluding ortho intramolecular Hbond substituents is 1. The van der Waals surface area contributed by atoms with Crippen LogP contribution in [0.25, 0.3) is 0 Å². The third-order valence-electron chi connectivity index (χ3n) is 14.3. The van der Waals surface area contributed by atoms with Gasteiger partial charge in [-0.25, -0.2) is 9.78 Å². The van der Waals surface area contributed by atoms with Crippen LogP contribution in [0.1, 0.15) is 84.4 Å². The summed E-state index contributed by atoms with van der Waals surface area (Å²) in [6, 6.07) is -14.7. The van der Waals surface area contributed by atoms with Gasteiger partial charge < -0.3 is 105 Å². The molecular formula is C57H88N14O21S3. The monoisotopic (exact) mass is 1400 g/mol. The van der Waals surface area contributed by atoms with Gasteiger partial charge in [-0.05, 0) is 67.7 Å². The summed E-state index contributed by atoms with van der Waals surface area (Å²) in [5.41, 5.74) is 6.48. The summed E-state index contributed by atoms with van der Waals surface area (Å²) in [6.45, 7) is 5.06. The Morgan fingerprint density at radius 2 is 0.989 bits per heavy atom. The smallest absolute Gasteiger partial charge is 0.327 e. The zero-order chi connectivity index (χ0) is 71.8. The molecule has 0 aliphatic rings. The lowest BCUT2D eigenvalue weighted by molar-refractivity contribution is -0.142. The normalized spacial score (nSPS) is 15.6. The fraction of sp³-hybridized carbons (Fsp3) is 0.596. The van der Waals surface area contributed by atoms with Crippen LogP contribution in [0.3, 0.4) is 0 Å². The number of aliphatic hydroxyl groups is 3. The van der Waals surface area contributed by atoms with E-state index in [4.69, 9.17) is 5.73 Å². The molecule has 0 spiro atoms. The summed E-state index contributed by atoms with van der Waals surface area (Å²) in [7, 11) is 0. The Bertz CT molecular complexity index is 2930. The van der Waals surface area contributed by atoms with Crippen LogP contribution in [-0.2, 0) is 80.0 Å². The third kappa shape index (κ3) is 29.1. The average molecular weight is 1400 g/mol. The summed E-state index contributed by atoms with van der Waals surface area (Å²) in [4.78, 5) is 194. The molecule has 0 saturated carbocycles. The third-order valence-corrected chi connectivity index (χ3v) is 15.7. The van der Waals surface area contributed by atoms with Gasteiger partial charge in [0.2, 0.25) is 65.0 Å². The average Bonchev–Trinajstić information content (AvgIpc) is 1.80. The van der Waals surface area contributed by atoms with Gasteiger partial charge in [-0.1, -0.05) is 46.2 Å². The minimum Gasteiger partial charge on any atom is -0.508 e. The summed E-state index contributed by atoms with van der Waals surface area (Å²) >= 11 is 9.30. The maximum Gasteiger partial charge on any atom is 0.327 e. The minimum absolute atomic E-state index is 0.0409. The van der Waals surface area contributed by atoms with Crippen LogP contribution in [0.5, 0.6) is 5.75 Å². The highest BCUT2D eigenvalue weighted by Crippen LogP contribution is 2.15. The van der Waals surface area contributed by atoms with Gasteiger partial charge in [0.25, 0.3) is 0 Å². The quantitative estimate of drug-likeness (QED) is 0.0275. The molecule has 1 aromatic heterocycles. The van der Waals surface area contributed by atoms with Crippen LogP contribution in [0, 0.1) is 11.8 Å². The number of carbonyl (C=O) groups is 14. The van der Waals surface area contributed by atoms with Gasteiger partial charge in [0.1, 0.15) is 72.2 Å². The molecule has 1 aromatic carbocycles. The number of thiol groups is 2.